The highest BCUT2D eigenvalue weighted by Gasteiger charge is 2.18. The molecule has 0 fully saturated rings. The van der Waals surface area contributed by atoms with Crippen molar-refractivity contribution in [3.63, 3.8) is 0 Å². The number of hydrogen-bond donors (Lipinski definition) is 2. The van der Waals surface area contributed by atoms with Gasteiger partial charge in [-0.25, -0.2) is 14.9 Å². The molecule has 3 rings (SSSR count). The van der Waals surface area contributed by atoms with Gasteiger partial charge in [0, 0.05) is 23.6 Å². The molecule has 0 aliphatic carbocycles. The maximum Gasteiger partial charge on any atom is 0.291 e. The fraction of sp³-hybridized carbons (Fsp3) is 0.333. The normalized spacial score (nSPS) is 11.0. The summed E-state index contributed by atoms with van der Waals surface area (Å²) in [4.78, 5) is 22.0. The topological polar surface area (TPSA) is 85.6 Å². The molecule has 0 spiro atoms. The summed E-state index contributed by atoms with van der Waals surface area (Å²) in [6.07, 6.45) is 2.01. The Labute approximate surface area is 168 Å². The molecular weight excluding hydrogens is 377 g/mol. The van der Waals surface area contributed by atoms with Crippen LogP contribution in [0, 0.1) is 12.7 Å². The van der Waals surface area contributed by atoms with E-state index in [9.17, 15) is 9.18 Å². The molecule has 0 atom stereocenters. The molecular formula is C21H24FN3O4. The van der Waals surface area contributed by atoms with Crippen molar-refractivity contribution in [3.05, 3.63) is 59.2 Å². The van der Waals surface area contributed by atoms with Gasteiger partial charge in [0.1, 0.15) is 11.5 Å². The zero-order valence-corrected chi connectivity index (χ0v) is 16.4. The molecule has 0 saturated heterocycles. The molecule has 0 radical (unpaired) electrons. The predicted molar refractivity (Wildman–Crippen MR) is 106 cm³/mol. The molecule has 0 bridgehead atoms. The number of hydroxylamine groups is 1. The van der Waals surface area contributed by atoms with Crippen LogP contribution < -0.4 is 10.2 Å². The fourth-order valence-corrected chi connectivity index (χ4v) is 2.98. The maximum atomic E-state index is 14.4. The molecule has 0 unspecified atom stereocenters. The van der Waals surface area contributed by atoms with Gasteiger partial charge in [0.25, 0.3) is 5.91 Å². The highest BCUT2D eigenvalue weighted by molar-refractivity contribution is 5.98. The highest BCUT2D eigenvalue weighted by atomic mass is 19.1. The molecule has 0 aliphatic heterocycles. The van der Waals surface area contributed by atoms with Crippen molar-refractivity contribution < 1.29 is 23.9 Å². The summed E-state index contributed by atoms with van der Waals surface area (Å²) in [5, 5.41) is 9.56. The number of aryl methyl sites for hydroxylation is 1. The van der Waals surface area contributed by atoms with E-state index in [1.54, 1.807) is 29.0 Å². The van der Waals surface area contributed by atoms with E-state index in [2.05, 4.69) is 10.5 Å². The lowest BCUT2D eigenvalue weighted by Crippen LogP contribution is -2.27. The van der Waals surface area contributed by atoms with Crippen LogP contribution in [0.5, 0.6) is 5.88 Å². The Morgan fingerprint density at radius 3 is 2.86 bits per heavy atom. The van der Waals surface area contributed by atoms with Gasteiger partial charge in [-0.2, -0.15) is 0 Å². The number of ether oxygens (including phenoxy) is 1. The average molecular weight is 401 g/mol. The third-order valence-corrected chi connectivity index (χ3v) is 4.39. The number of nitrogens with one attached hydrogen (secondary N) is 1. The minimum atomic E-state index is -0.468. The number of aliphatic hydroxyl groups excluding tert-OH is 1. The number of nitrogens with zero attached hydrogens (tertiary/aromatic N) is 2. The van der Waals surface area contributed by atoms with Gasteiger partial charge in [0.15, 0.2) is 0 Å². The second-order valence-electron chi connectivity index (χ2n) is 6.58. The largest absolute Gasteiger partial charge is 0.478 e. The van der Waals surface area contributed by atoms with Crippen LogP contribution in [0.1, 0.15) is 35.0 Å². The first-order valence-corrected chi connectivity index (χ1v) is 9.43. The fourth-order valence-electron chi connectivity index (χ4n) is 2.98. The number of pyridine rings is 1. The zero-order chi connectivity index (χ0) is 20.8. The molecule has 3 aromatic rings. The quantitative estimate of drug-likeness (QED) is 0.425. The minimum absolute atomic E-state index is 0.0330. The number of halogens is 1. The zero-order valence-electron chi connectivity index (χ0n) is 16.4. The smallest absolute Gasteiger partial charge is 0.291 e. The second kappa shape index (κ2) is 9.49. The Kier molecular flexibility index (Phi) is 6.79. The van der Waals surface area contributed by atoms with E-state index in [1.807, 2.05) is 19.9 Å². The molecule has 0 saturated carbocycles. The number of aliphatic hydroxyl groups is 1. The van der Waals surface area contributed by atoms with Crippen molar-refractivity contribution in [2.75, 3.05) is 19.8 Å². The van der Waals surface area contributed by atoms with E-state index in [0.717, 1.165) is 10.9 Å². The summed E-state index contributed by atoms with van der Waals surface area (Å²) in [5.41, 5.74) is 4.63. The molecule has 1 amide bonds. The SMILES string of the molecule is CCOc1cc2cc(C(=O)NOCCCO)n(Cc3ccc(C)cc3F)c2cn1. The highest BCUT2D eigenvalue weighted by Crippen LogP contribution is 2.25. The minimum Gasteiger partial charge on any atom is -0.478 e. The third-order valence-electron chi connectivity index (χ3n) is 4.39. The molecule has 2 aromatic heterocycles. The van der Waals surface area contributed by atoms with E-state index in [-0.39, 0.29) is 25.6 Å². The van der Waals surface area contributed by atoms with E-state index >= 15 is 0 Å². The van der Waals surface area contributed by atoms with Crippen molar-refractivity contribution >= 4 is 16.8 Å². The number of rotatable bonds is 9. The molecule has 8 heteroatoms. The second-order valence-corrected chi connectivity index (χ2v) is 6.58. The van der Waals surface area contributed by atoms with E-state index < -0.39 is 5.91 Å². The first kappa shape index (κ1) is 20.8. The Balaban J connectivity index is 1.98. The van der Waals surface area contributed by atoms with Gasteiger partial charge in [0.2, 0.25) is 5.88 Å². The van der Waals surface area contributed by atoms with Crippen LogP contribution >= 0.6 is 0 Å². The number of amides is 1. The Morgan fingerprint density at radius 2 is 2.14 bits per heavy atom. The lowest BCUT2D eigenvalue weighted by atomic mass is 10.1. The van der Waals surface area contributed by atoms with Crippen LogP contribution in [0.3, 0.4) is 0 Å². The van der Waals surface area contributed by atoms with Gasteiger partial charge >= 0.3 is 0 Å². The number of hydrogen-bond acceptors (Lipinski definition) is 5. The van der Waals surface area contributed by atoms with Crippen molar-refractivity contribution in [2.24, 2.45) is 0 Å². The first-order valence-electron chi connectivity index (χ1n) is 9.43. The Hall–Kier alpha value is -2.97. The summed E-state index contributed by atoms with van der Waals surface area (Å²) in [5.74, 6) is -0.356. The van der Waals surface area contributed by atoms with E-state index in [0.29, 0.717) is 35.7 Å². The Morgan fingerprint density at radius 1 is 1.31 bits per heavy atom. The van der Waals surface area contributed by atoms with Crippen LogP contribution in [-0.2, 0) is 11.4 Å². The van der Waals surface area contributed by atoms with Crippen molar-refractivity contribution in [1.82, 2.24) is 15.0 Å². The van der Waals surface area contributed by atoms with Crippen molar-refractivity contribution in [2.45, 2.75) is 26.8 Å². The molecule has 29 heavy (non-hydrogen) atoms. The van der Waals surface area contributed by atoms with Gasteiger partial charge in [-0.1, -0.05) is 12.1 Å². The van der Waals surface area contributed by atoms with Gasteiger partial charge in [-0.3, -0.25) is 9.63 Å². The summed E-state index contributed by atoms with van der Waals surface area (Å²) < 4.78 is 21.6. The molecule has 1 aromatic carbocycles. The monoisotopic (exact) mass is 401 g/mol. The third kappa shape index (κ3) is 4.90. The molecule has 154 valence electrons. The number of fused-ring (bicyclic) bond motifs is 1. The van der Waals surface area contributed by atoms with Crippen LogP contribution in [0.4, 0.5) is 4.39 Å². The summed E-state index contributed by atoms with van der Waals surface area (Å²) >= 11 is 0. The molecule has 0 aliphatic rings. The van der Waals surface area contributed by atoms with Crippen molar-refractivity contribution in [3.8, 4) is 5.88 Å². The average Bonchev–Trinajstić information content (AvgIpc) is 3.05. The molecule has 7 nitrogen and oxygen atoms in total. The molecule has 2 heterocycles. The maximum absolute atomic E-state index is 14.4. The number of aromatic nitrogens is 2. The summed E-state index contributed by atoms with van der Waals surface area (Å²) in [7, 11) is 0. The van der Waals surface area contributed by atoms with Crippen LogP contribution in [0.15, 0.2) is 36.5 Å². The summed E-state index contributed by atoms with van der Waals surface area (Å²) in [6.45, 7) is 4.46. The van der Waals surface area contributed by atoms with Crippen LogP contribution in [0.25, 0.3) is 10.9 Å². The lowest BCUT2D eigenvalue weighted by Gasteiger charge is -2.12. The van der Waals surface area contributed by atoms with E-state index in [1.165, 1.54) is 6.07 Å². The Bertz CT molecular complexity index is 1000. The number of benzene rings is 1. The van der Waals surface area contributed by atoms with Gasteiger partial charge in [0.05, 0.1) is 31.5 Å². The standard InChI is InChI=1S/C21H24FN3O4/c1-3-28-20-11-16-10-18(21(27)24-29-8-4-7-26)25(19(16)12-23-20)13-15-6-5-14(2)9-17(15)22/h5-6,9-12,26H,3-4,7-8,13H2,1-2H3,(H,24,27). The lowest BCUT2D eigenvalue weighted by molar-refractivity contribution is 0.0255. The van der Waals surface area contributed by atoms with Gasteiger partial charge < -0.3 is 14.4 Å². The van der Waals surface area contributed by atoms with Crippen LogP contribution in [-0.4, -0.2) is 40.4 Å². The van der Waals surface area contributed by atoms with E-state index in [4.69, 9.17) is 14.7 Å². The first-order chi connectivity index (χ1) is 14.0. The predicted octanol–water partition coefficient (Wildman–Crippen LogP) is 2.97. The number of carbonyl (C=O) groups is 1. The summed E-state index contributed by atoms with van der Waals surface area (Å²) in [6, 6.07) is 8.43. The van der Waals surface area contributed by atoms with Gasteiger partial charge in [-0.15, -0.1) is 0 Å². The number of carbonyl (C=O) groups excluding carboxylic acids is 1. The van der Waals surface area contributed by atoms with Gasteiger partial charge in [-0.05, 0) is 38.0 Å². The molecule has 2 N–H and O–H groups in total. The van der Waals surface area contributed by atoms with Crippen LogP contribution in [0.2, 0.25) is 0 Å². The van der Waals surface area contributed by atoms with Crippen molar-refractivity contribution in [1.29, 1.82) is 0 Å².